The minimum absolute atomic E-state index is 0.0755. The molecule has 2 N–H and O–H groups in total. The quantitative estimate of drug-likeness (QED) is 0.875. The molecule has 19 heavy (non-hydrogen) atoms. The van der Waals surface area contributed by atoms with Crippen LogP contribution in [0.15, 0.2) is 17.3 Å². The standard InChI is InChI=1S/C11H18N4O2S2/c1-11(2)3-4-15(5-6-18-11)19(16,17)9-7-13-10(12)14-8-9/h7-8H,3-6H2,1-2H3,(H2,12,13,14). The highest BCUT2D eigenvalue weighted by atomic mass is 32.2. The van der Waals surface area contributed by atoms with Crippen molar-refractivity contribution in [2.24, 2.45) is 0 Å². The van der Waals surface area contributed by atoms with Gasteiger partial charge in [0.15, 0.2) is 0 Å². The zero-order valence-electron chi connectivity index (χ0n) is 11.0. The first-order chi connectivity index (χ1) is 8.81. The molecule has 1 aromatic heterocycles. The minimum atomic E-state index is -3.51. The summed E-state index contributed by atoms with van der Waals surface area (Å²) in [5, 5.41) is 0. The summed E-state index contributed by atoms with van der Waals surface area (Å²) in [5.74, 6) is 0.869. The summed E-state index contributed by atoms with van der Waals surface area (Å²) >= 11 is 1.80. The highest BCUT2D eigenvalue weighted by Crippen LogP contribution is 2.32. The number of aromatic nitrogens is 2. The van der Waals surface area contributed by atoms with Gasteiger partial charge in [-0.05, 0) is 6.42 Å². The van der Waals surface area contributed by atoms with Crippen LogP contribution in [0.2, 0.25) is 0 Å². The van der Waals surface area contributed by atoms with E-state index in [4.69, 9.17) is 5.73 Å². The molecule has 0 aromatic carbocycles. The van der Waals surface area contributed by atoms with E-state index in [1.807, 2.05) is 0 Å². The van der Waals surface area contributed by atoms with E-state index in [0.717, 1.165) is 12.2 Å². The summed E-state index contributed by atoms with van der Waals surface area (Å²) in [6, 6.07) is 0. The van der Waals surface area contributed by atoms with Crippen molar-refractivity contribution >= 4 is 27.7 Å². The fourth-order valence-corrected chi connectivity index (χ4v) is 4.40. The number of rotatable bonds is 2. The number of hydrogen-bond donors (Lipinski definition) is 1. The molecule has 8 heteroatoms. The third-order valence-corrected chi connectivity index (χ3v) is 6.31. The molecule has 0 radical (unpaired) electrons. The second-order valence-electron chi connectivity index (χ2n) is 5.04. The lowest BCUT2D eigenvalue weighted by Gasteiger charge is -2.22. The average Bonchev–Trinajstić information content (AvgIpc) is 2.51. The Morgan fingerprint density at radius 2 is 1.95 bits per heavy atom. The largest absolute Gasteiger partial charge is 0.368 e. The van der Waals surface area contributed by atoms with Crippen molar-refractivity contribution < 1.29 is 8.42 Å². The topological polar surface area (TPSA) is 89.2 Å². The Bertz CT molecular complexity index is 542. The van der Waals surface area contributed by atoms with Gasteiger partial charge in [0.05, 0.1) is 12.4 Å². The predicted octanol–water partition coefficient (Wildman–Crippen LogP) is 0.965. The lowest BCUT2D eigenvalue weighted by molar-refractivity contribution is 0.415. The van der Waals surface area contributed by atoms with Gasteiger partial charge < -0.3 is 5.73 Å². The molecule has 0 aliphatic carbocycles. The van der Waals surface area contributed by atoms with Gasteiger partial charge in [0.1, 0.15) is 4.90 Å². The molecule has 106 valence electrons. The van der Waals surface area contributed by atoms with Gasteiger partial charge in [-0.15, -0.1) is 0 Å². The number of hydrogen-bond acceptors (Lipinski definition) is 6. The van der Waals surface area contributed by atoms with Crippen molar-refractivity contribution in [1.29, 1.82) is 0 Å². The SMILES string of the molecule is CC1(C)CCN(S(=O)(=O)c2cnc(N)nc2)CCS1. The maximum atomic E-state index is 12.5. The Morgan fingerprint density at radius 1 is 1.32 bits per heavy atom. The van der Waals surface area contributed by atoms with Gasteiger partial charge >= 0.3 is 0 Å². The van der Waals surface area contributed by atoms with Crippen molar-refractivity contribution in [3.8, 4) is 0 Å². The van der Waals surface area contributed by atoms with Crippen LogP contribution in [0.3, 0.4) is 0 Å². The molecule has 1 fully saturated rings. The van der Waals surface area contributed by atoms with E-state index in [1.54, 1.807) is 11.8 Å². The summed E-state index contributed by atoms with van der Waals surface area (Å²) in [6.45, 7) is 5.31. The Hall–Kier alpha value is -0.860. The predicted molar refractivity (Wildman–Crippen MR) is 76.4 cm³/mol. The number of thioether (sulfide) groups is 1. The van der Waals surface area contributed by atoms with E-state index in [0.29, 0.717) is 13.1 Å². The van der Waals surface area contributed by atoms with Gasteiger partial charge in [0.2, 0.25) is 16.0 Å². The summed E-state index contributed by atoms with van der Waals surface area (Å²) < 4.78 is 26.5. The van der Waals surface area contributed by atoms with Gasteiger partial charge in [0, 0.05) is 23.6 Å². The van der Waals surface area contributed by atoms with Crippen molar-refractivity contribution in [3.05, 3.63) is 12.4 Å². The molecule has 1 aliphatic rings. The summed E-state index contributed by atoms with van der Waals surface area (Å²) in [7, 11) is -3.51. The number of nitrogens with two attached hydrogens (primary N) is 1. The van der Waals surface area contributed by atoms with Crippen LogP contribution in [0.25, 0.3) is 0 Å². The van der Waals surface area contributed by atoms with E-state index in [2.05, 4.69) is 23.8 Å². The lowest BCUT2D eigenvalue weighted by atomic mass is 10.1. The van der Waals surface area contributed by atoms with Crippen molar-refractivity contribution in [3.63, 3.8) is 0 Å². The fourth-order valence-electron chi connectivity index (χ4n) is 1.85. The van der Waals surface area contributed by atoms with Gasteiger partial charge in [-0.1, -0.05) is 13.8 Å². The first kappa shape index (κ1) is 14.5. The van der Waals surface area contributed by atoms with Crippen molar-refractivity contribution in [2.45, 2.75) is 29.9 Å². The third kappa shape index (κ3) is 3.37. The van der Waals surface area contributed by atoms with E-state index < -0.39 is 10.0 Å². The molecule has 1 aromatic rings. The molecule has 0 atom stereocenters. The Balaban J connectivity index is 2.22. The number of sulfonamides is 1. The maximum absolute atomic E-state index is 12.5. The molecular weight excluding hydrogens is 284 g/mol. The van der Waals surface area contributed by atoms with Crippen LogP contribution >= 0.6 is 11.8 Å². The zero-order chi connectivity index (χ0) is 14.1. The molecule has 0 spiro atoms. The first-order valence-corrected chi connectivity index (χ1v) is 8.45. The van der Waals surface area contributed by atoms with E-state index in [9.17, 15) is 8.42 Å². The normalized spacial score (nSPS) is 20.9. The maximum Gasteiger partial charge on any atom is 0.246 e. The van der Waals surface area contributed by atoms with Gasteiger partial charge in [-0.25, -0.2) is 18.4 Å². The van der Waals surface area contributed by atoms with E-state index >= 15 is 0 Å². The Kier molecular flexibility index (Phi) is 4.03. The molecular formula is C11H18N4O2S2. The molecule has 0 unspecified atom stereocenters. The average molecular weight is 302 g/mol. The summed E-state index contributed by atoms with van der Waals surface area (Å²) in [4.78, 5) is 7.60. The molecule has 0 bridgehead atoms. The van der Waals surface area contributed by atoms with Gasteiger partial charge in [-0.3, -0.25) is 0 Å². The van der Waals surface area contributed by atoms with Gasteiger partial charge in [-0.2, -0.15) is 16.1 Å². The minimum Gasteiger partial charge on any atom is -0.368 e. The van der Waals surface area contributed by atoms with Crippen LogP contribution in [0.1, 0.15) is 20.3 Å². The van der Waals surface area contributed by atoms with Crippen LogP contribution in [-0.4, -0.2) is 46.3 Å². The van der Waals surface area contributed by atoms with Gasteiger partial charge in [0.25, 0.3) is 0 Å². The molecule has 1 aliphatic heterocycles. The summed E-state index contributed by atoms with van der Waals surface area (Å²) in [5.41, 5.74) is 5.37. The third-order valence-electron chi connectivity index (χ3n) is 3.08. The van der Waals surface area contributed by atoms with Crippen LogP contribution in [0.5, 0.6) is 0 Å². The van der Waals surface area contributed by atoms with E-state index in [1.165, 1.54) is 16.7 Å². The second-order valence-corrected chi connectivity index (χ2v) is 8.78. The van der Waals surface area contributed by atoms with Crippen LogP contribution in [0.4, 0.5) is 5.95 Å². The number of nitrogen functional groups attached to an aromatic ring is 1. The molecule has 2 rings (SSSR count). The second kappa shape index (κ2) is 5.26. The fraction of sp³-hybridized carbons (Fsp3) is 0.636. The van der Waals surface area contributed by atoms with E-state index in [-0.39, 0.29) is 15.6 Å². The number of anilines is 1. The lowest BCUT2D eigenvalue weighted by Crippen LogP contribution is -2.33. The zero-order valence-corrected chi connectivity index (χ0v) is 12.7. The monoisotopic (exact) mass is 302 g/mol. The number of nitrogens with zero attached hydrogens (tertiary/aromatic N) is 3. The summed E-state index contributed by atoms with van der Waals surface area (Å²) in [6.07, 6.45) is 3.36. The molecule has 0 amide bonds. The van der Waals surface area contributed by atoms with Crippen molar-refractivity contribution in [2.75, 3.05) is 24.6 Å². The highest BCUT2D eigenvalue weighted by Gasteiger charge is 2.31. The molecule has 0 saturated carbocycles. The van der Waals surface area contributed by atoms with Crippen LogP contribution in [-0.2, 0) is 10.0 Å². The molecule has 6 nitrogen and oxygen atoms in total. The Morgan fingerprint density at radius 3 is 2.58 bits per heavy atom. The smallest absolute Gasteiger partial charge is 0.246 e. The van der Waals surface area contributed by atoms with Crippen LogP contribution < -0.4 is 5.73 Å². The first-order valence-electron chi connectivity index (χ1n) is 6.03. The molecule has 1 saturated heterocycles. The van der Waals surface area contributed by atoms with Crippen LogP contribution in [0, 0.1) is 0 Å². The van der Waals surface area contributed by atoms with Crippen molar-refractivity contribution in [1.82, 2.24) is 14.3 Å². The molecule has 2 heterocycles. The highest BCUT2D eigenvalue weighted by molar-refractivity contribution is 8.00. The Labute approximate surface area is 117 Å².